The van der Waals surface area contributed by atoms with Crippen molar-refractivity contribution in [3.63, 3.8) is 0 Å². The zero-order valence-electron chi connectivity index (χ0n) is 8.78. The molecular weight excluding hydrogens is 266 g/mol. The maximum atomic E-state index is 4.51. The van der Waals surface area contributed by atoms with Crippen molar-refractivity contribution >= 4 is 15.9 Å². The van der Waals surface area contributed by atoms with Gasteiger partial charge in [-0.1, -0.05) is 28.1 Å². The minimum atomic E-state index is 0.920. The van der Waals surface area contributed by atoms with Crippen LogP contribution in [-0.4, -0.2) is 16.1 Å². The summed E-state index contributed by atoms with van der Waals surface area (Å²) < 4.78 is 3.39. The standard InChI is InChI=1S/C12H12BrN3/c13-10-3-1-9(2-4-10)12-15-8-11-7-14-5-6-16(11)12/h1-4,8,14H,5-7H2. The van der Waals surface area contributed by atoms with Crippen LogP contribution in [0.25, 0.3) is 11.4 Å². The number of rotatable bonds is 1. The lowest BCUT2D eigenvalue weighted by Crippen LogP contribution is -2.27. The molecule has 1 aromatic heterocycles. The second kappa shape index (κ2) is 4.03. The first kappa shape index (κ1) is 10.1. The highest BCUT2D eigenvalue weighted by molar-refractivity contribution is 9.10. The van der Waals surface area contributed by atoms with Gasteiger partial charge in [0.15, 0.2) is 0 Å². The lowest BCUT2D eigenvalue weighted by molar-refractivity contribution is 0.519. The largest absolute Gasteiger partial charge is 0.326 e. The minimum absolute atomic E-state index is 0.920. The van der Waals surface area contributed by atoms with Crippen molar-refractivity contribution in [2.24, 2.45) is 0 Å². The Morgan fingerprint density at radius 2 is 2.06 bits per heavy atom. The van der Waals surface area contributed by atoms with Gasteiger partial charge < -0.3 is 9.88 Å². The van der Waals surface area contributed by atoms with E-state index in [1.54, 1.807) is 0 Å². The highest BCUT2D eigenvalue weighted by atomic mass is 79.9. The molecule has 1 aromatic carbocycles. The van der Waals surface area contributed by atoms with E-state index in [1.165, 1.54) is 11.3 Å². The summed E-state index contributed by atoms with van der Waals surface area (Å²) in [5.41, 5.74) is 2.44. The fraction of sp³-hybridized carbons (Fsp3) is 0.250. The normalized spacial score (nSPS) is 14.8. The molecule has 2 heterocycles. The van der Waals surface area contributed by atoms with Gasteiger partial charge in [0, 0.05) is 29.7 Å². The van der Waals surface area contributed by atoms with Crippen LogP contribution < -0.4 is 5.32 Å². The predicted molar refractivity (Wildman–Crippen MR) is 67.1 cm³/mol. The predicted octanol–water partition coefficient (Wildman–Crippen LogP) is 2.42. The van der Waals surface area contributed by atoms with Gasteiger partial charge in [-0.15, -0.1) is 0 Å². The highest BCUT2D eigenvalue weighted by Gasteiger charge is 2.14. The molecule has 0 saturated heterocycles. The SMILES string of the molecule is Brc1ccc(-c2ncc3n2CCNC3)cc1. The summed E-state index contributed by atoms with van der Waals surface area (Å²) in [5, 5.41) is 3.35. The first-order valence-corrected chi connectivity index (χ1v) is 6.15. The fourth-order valence-electron chi connectivity index (χ4n) is 2.04. The number of hydrogen-bond acceptors (Lipinski definition) is 2. The van der Waals surface area contributed by atoms with E-state index in [0.29, 0.717) is 0 Å². The van der Waals surface area contributed by atoms with Gasteiger partial charge in [-0.05, 0) is 12.1 Å². The summed E-state index contributed by atoms with van der Waals surface area (Å²) in [6.45, 7) is 2.94. The van der Waals surface area contributed by atoms with E-state index in [-0.39, 0.29) is 0 Å². The van der Waals surface area contributed by atoms with Gasteiger partial charge in [0.25, 0.3) is 0 Å². The zero-order chi connectivity index (χ0) is 11.0. The van der Waals surface area contributed by atoms with Crippen molar-refractivity contribution in [1.82, 2.24) is 14.9 Å². The first-order valence-electron chi connectivity index (χ1n) is 5.35. The molecule has 4 heteroatoms. The first-order chi connectivity index (χ1) is 7.84. The second-order valence-corrected chi connectivity index (χ2v) is 4.82. The smallest absolute Gasteiger partial charge is 0.140 e. The Balaban J connectivity index is 2.06. The van der Waals surface area contributed by atoms with Gasteiger partial charge >= 0.3 is 0 Å². The van der Waals surface area contributed by atoms with Crippen LogP contribution in [0.15, 0.2) is 34.9 Å². The van der Waals surface area contributed by atoms with Crippen LogP contribution in [0.2, 0.25) is 0 Å². The fourth-order valence-corrected chi connectivity index (χ4v) is 2.30. The summed E-state index contributed by atoms with van der Waals surface area (Å²) in [4.78, 5) is 4.51. The monoisotopic (exact) mass is 277 g/mol. The van der Waals surface area contributed by atoms with Crippen molar-refractivity contribution in [1.29, 1.82) is 0 Å². The van der Waals surface area contributed by atoms with E-state index in [4.69, 9.17) is 0 Å². The highest BCUT2D eigenvalue weighted by Crippen LogP contribution is 2.22. The third kappa shape index (κ3) is 1.68. The van der Waals surface area contributed by atoms with Crippen LogP contribution >= 0.6 is 15.9 Å². The summed E-state index contributed by atoms with van der Waals surface area (Å²) >= 11 is 3.45. The van der Waals surface area contributed by atoms with Crippen molar-refractivity contribution in [2.75, 3.05) is 6.54 Å². The van der Waals surface area contributed by atoms with E-state index in [9.17, 15) is 0 Å². The topological polar surface area (TPSA) is 29.9 Å². The van der Waals surface area contributed by atoms with Crippen LogP contribution in [0.5, 0.6) is 0 Å². The van der Waals surface area contributed by atoms with Gasteiger partial charge in [0.1, 0.15) is 5.82 Å². The van der Waals surface area contributed by atoms with Crippen molar-refractivity contribution < 1.29 is 0 Å². The van der Waals surface area contributed by atoms with Crippen molar-refractivity contribution in [3.8, 4) is 11.4 Å². The Morgan fingerprint density at radius 1 is 1.25 bits per heavy atom. The number of nitrogens with zero attached hydrogens (tertiary/aromatic N) is 2. The number of halogens is 1. The summed E-state index contributed by atoms with van der Waals surface area (Å²) in [5.74, 6) is 1.07. The molecule has 0 spiro atoms. The molecule has 82 valence electrons. The van der Waals surface area contributed by atoms with E-state index in [0.717, 1.165) is 29.9 Å². The molecule has 0 fully saturated rings. The molecule has 2 aromatic rings. The quantitative estimate of drug-likeness (QED) is 0.868. The van der Waals surface area contributed by atoms with Crippen LogP contribution in [0.3, 0.4) is 0 Å². The minimum Gasteiger partial charge on any atom is -0.326 e. The van der Waals surface area contributed by atoms with E-state index in [1.807, 2.05) is 6.20 Å². The molecule has 16 heavy (non-hydrogen) atoms. The molecule has 3 rings (SSSR count). The zero-order valence-corrected chi connectivity index (χ0v) is 10.4. The summed E-state index contributed by atoms with van der Waals surface area (Å²) in [7, 11) is 0. The molecule has 1 aliphatic heterocycles. The Kier molecular flexibility index (Phi) is 2.53. The van der Waals surface area contributed by atoms with Gasteiger partial charge in [0.05, 0.1) is 11.9 Å². The molecule has 0 aliphatic carbocycles. The van der Waals surface area contributed by atoms with Crippen molar-refractivity contribution in [3.05, 3.63) is 40.6 Å². The van der Waals surface area contributed by atoms with E-state index >= 15 is 0 Å². The molecule has 0 amide bonds. The molecule has 3 nitrogen and oxygen atoms in total. The summed E-state index contributed by atoms with van der Waals surface area (Å²) in [6.07, 6.45) is 1.96. The van der Waals surface area contributed by atoms with Crippen LogP contribution in [0.1, 0.15) is 5.69 Å². The molecular formula is C12H12BrN3. The van der Waals surface area contributed by atoms with Crippen LogP contribution in [0.4, 0.5) is 0 Å². The molecule has 0 unspecified atom stereocenters. The number of hydrogen-bond donors (Lipinski definition) is 1. The Bertz CT molecular complexity index is 501. The number of nitrogens with one attached hydrogen (secondary N) is 1. The van der Waals surface area contributed by atoms with Crippen LogP contribution in [0, 0.1) is 0 Å². The van der Waals surface area contributed by atoms with E-state index in [2.05, 4.69) is 55.1 Å². The lowest BCUT2D eigenvalue weighted by Gasteiger charge is -2.17. The Morgan fingerprint density at radius 3 is 2.88 bits per heavy atom. The average Bonchev–Trinajstić information content (AvgIpc) is 2.74. The van der Waals surface area contributed by atoms with Gasteiger partial charge in [-0.25, -0.2) is 4.98 Å². The molecule has 0 bridgehead atoms. The number of fused-ring (bicyclic) bond motifs is 1. The number of benzene rings is 1. The van der Waals surface area contributed by atoms with E-state index < -0.39 is 0 Å². The third-order valence-electron chi connectivity index (χ3n) is 2.86. The Labute approximate surface area is 103 Å². The van der Waals surface area contributed by atoms with Crippen LogP contribution in [-0.2, 0) is 13.1 Å². The average molecular weight is 278 g/mol. The van der Waals surface area contributed by atoms with Gasteiger partial charge in [0.2, 0.25) is 0 Å². The summed E-state index contributed by atoms with van der Waals surface area (Å²) in [6, 6.07) is 8.31. The molecule has 0 radical (unpaired) electrons. The van der Waals surface area contributed by atoms with Gasteiger partial charge in [-0.3, -0.25) is 0 Å². The molecule has 0 atom stereocenters. The maximum Gasteiger partial charge on any atom is 0.140 e. The lowest BCUT2D eigenvalue weighted by atomic mass is 10.2. The number of imidazole rings is 1. The van der Waals surface area contributed by atoms with Gasteiger partial charge in [-0.2, -0.15) is 0 Å². The second-order valence-electron chi connectivity index (χ2n) is 3.91. The number of aromatic nitrogens is 2. The maximum absolute atomic E-state index is 4.51. The molecule has 0 saturated carbocycles. The van der Waals surface area contributed by atoms with Crippen molar-refractivity contribution in [2.45, 2.75) is 13.1 Å². The molecule has 1 aliphatic rings. The molecule has 1 N–H and O–H groups in total. The third-order valence-corrected chi connectivity index (χ3v) is 3.39. The Hall–Kier alpha value is -1.13.